The van der Waals surface area contributed by atoms with E-state index in [0.29, 0.717) is 34.1 Å². The summed E-state index contributed by atoms with van der Waals surface area (Å²) in [5.74, 6) is -0.703. The van der Waals surface area contributed by atoms with Gasteiger partial charge in [0.1, 0.15) is 16.2 Å². The standard InChI is InChI=1S/C29H39F4N7O4S2/c1-14(2)20(23(30)31)37-46(42,43)18-10-19(38-11-15(3)40(16(4)12-38)28(41)44-29(5,6)7)25-34-21(17-8-9-17)22(39(25)13-18)26-35-36-27(45-26)24(32)33/h10,13-17,20,23-24,37H,8-9,11-12H2,1-7H3/t15-,16-,20+/m0/s1. The number of rotatable bonds is 9. The average Bonchev–Trinajstić information content (AvgIpc) is 3.52. The van der Waals surface area contributed by atoms with Crippen LogP contribution >= 0.6 is 11.3 Å². The highest BCUT2D eigenvalue weighted by Gasteiger charge is 2.39. The molecule has 0 aromatic carbocycles. The fourth-order valence-corrected chi connectivity index (χ4v) is 7.82. The van der Waals surface area contributed by atoms with E-state index in [4.69, 9.17) is 9.72 Å². The predicted octanol–water partition coefficient (Wildman–Crippen LogP) is 6.07. The van der Waals surface area contributed by atoms with Gasteiger partial charge in [-0.2, -0.15) is 0 Å². The maximum atomic E-state index is 13.9. The van der Waals surface area contributed by atoms with Crippen LogP contribution < -0.4 is 9.62 Å². The monoisotopic (exact) mass is 689 g/mol. The summed E-state index contributed by atoms with van der Waals surface area (Å²) >= 11 is 0.686. The van der Waals surface area contributed by atoms with Gasteiger partial charge in [0.05, 0.1) is 29.5 Å². The number of alkyl halides is 4. The molecule has 0 radical (unpaired) electrons. The van der Waals surface area contributed by atoms with Crippen LogP contribution in [0.15, 0.2) is 17.2 Å². The van der Waals surface area contributed by atoms with Crippen molar-refractivity contribution in [2.45, 2.75) is 109 Å². The lowest BCUT2D eigenvalue weighted by Crippen LogP contribution is -2.59. The lowest BCUT2D eigenvalue weighted by molar-refractivity contribution is 0.00566. The van der Waals surface area contributed by atoms with Crippen molar-refractivity contribution in [1.82, 2.24) is 29.2 Å². The Balaban J connectivity index is 1.66. The molecule has 4 heterocycles. The van der Waals surface area contributed by atoms with Crippen LogP contribution in [0.5, 0.6) is 0 Å². The van der Waals surface area contributed by atoms with Crippen LogP contribution in [0.4, 0.5) is 28.0 Å². The Bertz CT molecular complexity index is 1680. The summed E-state index contributed by atoms with van der Waals surface area (Å²) < 4.78 is 91.6. The van der Waals surface area contributed by atoms with E-state index in [2.05, 4.69) is 14.9 Å². The number of anilines is 1. The van der Waals surface area contributed by atoms with Crippen LogP contribution in [0, 0.1) is 5.92 Å². The van der Waals surface area contributed by atoms with Crippen molar-refractivity contribution in [3.63, 3.8) is 0 Å². The van der Waals surface area contributed by atoms with Crippen LogP contribution in [0.2, 0.25) is 0 Å². The van der Waals surface area contributed by atoms with Crippen molar-refractivity contribution < 1.29 is 35.5 Å². The normalized spacial score (nSPS) is 20.4. The summed E-state index contributed by atoms with van der Waals surface area (Å²) in [6.07, 6.45) is -3.42. The summed E-state index contributed by atoms with van der Waals surface area (Å²) in [6, 6.07) is -0.991. The van der Waals surface area contributed by atoms with Crippen molar-refractivity contribution in [2.75, 3.05) is 18.0 Å². The quantitative estimate of drug-likeness (QED) is 0.269. The number of sulfonamides is 1. The van der Waals surface area contributed by atoms with E-state index >= 15 is 0 Å². The third-order valence-corrected chi connectivity index (χ3v) is 10.3. The van der Waals surface area contributed by atoms with E-state index in [1.807, 2.05) is 18.7 Å². The van der Waals surface area contributed by atoms with E-state index in [0.717, 1.165) is 12.8 Å². The second-order valence-electron chi connectivity index (χ2n) is 13.3. The molecule has 254 valence electrons. The molecule has 3 atom stereocenters. The number of halogens is 4. The first-order valence-electron chi connectivity index (χ1n) is 15.1. The Labute approximate surface area is 269 Å². The molecule has 46 heavy (non-hydrogen) atoms. The van der Waals surface area contributed by atoms with Crippen LogP contribution in [0.25, 0.3) is 16.3 Å². The fraction of sp³-hybridized carbons (Fsp3) is 0.655. The smallest absolute Gasteiger partial charge is 0.410 e. The molecule has 1 aliphatic carbocycles. The van der Waals surface area contributed by atoms with Gasteiger partial charge in [-0.1, -0.05) is 25.2 Å². The van der Waals surface area contributed by atoms with E-state index in [1.165, 1.54) is 30.5 Å². The number of ether oxygens (including phenoxy) is 1. The second kappa shape index (κ2) is 12.5. The Morgan fingerprint density at radius 1 is 1.09 bits per heavy atom. The van der Waals surface area contributed by atoms with Gasteiger partial charge in [-0.05, 0) is 59.4 Å². The zero-order valence-corrected chi connectivity index (χ0v) is 28.3. The van der Waals surface area contributed by atoms with Gasteiger partial charge >= 0.3 is 6.09 Å². The number of nitrogens with zero attached hydrogens (tertiary/aromatic N) is 6. The number of pyridine rings is 1. The highest BCUT2D eigenvalue weighted by atomic mass is 32.2. The minimum atomic E-state index is -4.52. The third kappa shape index (κ3) is 6.95. The summed E-state index contributed by atoms with van der Waals surface area (Å²) in [4.78, 5) is 21.2. The number of carbonyl (C=O) groups is 1. The number of amides is 1. The van der Waals surface area contributed by atoms with E-state index < -0.39 is 51.5 Å². The molecule has 1 saturated carbocycles. The van der Waals surface area contributed by atoms with Crippen molar-refractivity contribution in [1.29, 1.82) is 0 Å². The van der Waals surface area contributed by atoms with Crippen LogP contribution in [-0.2, 0) is 14.8 Å². The fourth-order valence-electron chi connectivity index (χ4n) is 5.69. The molecule has 2 aliphatic rings. The molecule has 11 nitrogen and oxygen atoms in total. The average molecular weight is 690 g/mol. The first kappa shape index (κ1) is 34.3. The van der Waals surface area contributed by atoms with Gasteiger partial charge in [-0.15, -0.1) is 10.2 Å². The largest absolute Gasteiger partial charge is 0.444 e. The SMILES string of the molecule is CC(C)[C@@H](NS(=O)(=O)c1cc(N2C[C@H](C)N(C(=O)OC(C)(C)C)[C@@H](C)C2)c2nc(C3CC3)c(-c3nnc(C(F)F)s3)n2c1)C(F)F. The number of fused-ring (bicyclic) bond motifs is 1. The van der Waals surface area contributed by atoms with Gasteiger partial charge < -0.3 is 9.64 Å². The molecule has 0 unspecified atom stereocenters. The van der Waals surface area contributed by atoms with E-state index in [1.54, 1.807) is 25.7 Å². The minimum Gasteiger partial charge on any atom is -0.444 e. The molecule has 1 saturated heterocycles. The number of nitrogens with one attached hydrogen (secondary N) is 1. The summed E-state index contributed by atoms with van der Waals surface area (Å²) in [5, 5.41) is 7.29. The zero-order chi connectivity index (χ0) is 33.9. The van der Waals surface area contributed by atoms with Crippen molar-refractivity contribution >= 4 is 38.8 Å². The van der Waals surface area contributed by atoms with Crippen molar-refractivity contribution in [2.24, 2.45) is 5.92 Å². The molecular formula is C29H39F4N7O4S2. The molecule has 3 aromatic heterocycles. The van der Waals surface area contributed by atoms with E-state index in [-0.39, 0.29) is 41.0 Å². The maximum Gasteiger partial charge on any atom is 0.410 e. The molecule has 1 aliphatic heterocycles. The van der Waals surface area contributed by atoms with Gasteiger partial charge in [0.15, 0.2) is 15.7 Å². The summed E-state index contributed by atoms with van der Waals surface area (Å²) in [5.41, 5.74) is 0.936. The molecule has 1 N–H and O–H groups in total. The second-order valence-corrected chi connectivity index (χ2v) is 16.1. The molecule has 3 aromatic rings. The Kier molecular flexibility index (Phi) is 9.33. The predicted molar refractivity (Wildman–Crippen MR) is 165 cm³/mol. The summed E-state index contributed by atoms with van der Waals surface area (Å²) in [6.45, 7) is 12.6. The molecular weight excluding hydrogens is 650 g/mol. The van der Waals surface area contributed by atoms with Crippen molar-refractivity contribution in [3.05, 3.63) is 23.0 Å². The Morgan fingerprint density at radius 2 is 1.72 bits per heavy atom. The number of carbonyl (C=O) groups excluding carboxylic acids is 1. The van der Waals surface area contributed by atoms with Gasteiger partial charge in [0, 0.05) is 25.2 Å². The van der Waals surface area contributed by atoms with Crippen LogP contribution in [0.1, 0.15) is 84.4 Å². The highest BCUT2D eigenvalue weighted by molar-refractivity contribution is 7.89. The Hall–Kier alpha value is -3.05. The topological polar surface area (TPSA) is 122 Å². The number of imidazole rings is 1. The molecule has 2 fully saturated rings. The number of aromatic nitrogens is 4. The molecule has 17 heteroatoms. The first-order valence-corrected chi connectivity index (χ1v) is 17.4. The Morgan fingerprint density at radius 3 is 2.22 bits per heavy atom. The summed E-state index contributed by atoms with van der Waals surface area (Å²) in [7, 11) is -4.52. The minimum absolute atomic E-state index is 0.00542. The molecule has 1 amide bonds. The van der Waals surface area contributed by atoms with E-state index in [9.17, 15) is 30.8 Å². The van der Waals surface area contributed by atoms with Crippen molar-refractivity contribution in [3.8, 4) is 10.7 Å². The first-order chi connectivity index (χ1) is 21.4. The van der Waals surface area contributed by atoms with Gasteiger partial charge in [0.2, 0.25) is 10.0 Å². The van der Waals surface area contributed by atoms with Crippen LogP contribution in [0.3, 0.4) is 0 Å². The van der Waals surface area contributed by atoms with Gasteiger partial charge in [-0.3, -0.25) is 9.30 Å². The third-order valence-electron chi connectivity index (χ3n) is 7.95. The lowest BCUT2D eigenvalue weighted by atomic mass is 10.1. The molecule has 5 rings (SSSR count). The number of hydrogen-bond donors (Lipinski definition) is 1. The molecule has 0 bridgehead atoms. The zero-order valence-electron chi connectivity index (χ0n) is 26.7. The lowest BCUT2D eigenvalue weighted by Gasteiger charge is -2.45. The highest BCUT2D eigenvalue weighted by Crippen LogP contribution is 2.46. The van der Waals surface area contributed by atoms with Gasteiger partial charge in [-0.25, -0.2) is 40.5 Å². The van der Waals surface area contributed by atoms with Gasteiger partial charge in [0.25, 0.3) is 12.9 Å². The maximum absolute atomic E-state index is 13.9. The number of hydrogen-bond acceptors (Lipinski definition) is 9. The number of piperazine rings is 1. The molecule has 0 spiro atoms. The van der Waals surface area contributed by atoms with Crippen LogP contribution in [-0.4, -0.2) is 82.2 Å².